The van der Waals surface area contributed by atoms with Crippen molar-refractivity contribution in [1.29, 1.82) is 0 Å². The van der Waals surface area contributed by atoms with Crippen molar-refractivity contribution in [3.8, 4) is 0 Å². The Hall–Kier alpha value is -3.67. The van der Waals surface area contributed by atoms with Gasteiger partial charge in [0, 0.05) is 23.0 Å². The zero-order valence-electron chi connectivity index (χ0n) is 14.7. The van der Waals surface area contributed by atoms with E-state index in [4.69, 9.17) is 5.73 Å². The van der Waals surface area contributed by atoms with Gasteiger partial charge in [-0.15, -0.1) is 0 Å². The standard InChI is InChI=1S/C21H18FN5/c1-13-10-17(22)21(12-18(13)23)25-15-5-7-16-19(26-27-20(16)11-15)8-6-14-4-2-3-9-24-14/h2-12,25H,23H2,1H3,(H,26,27). The molecule has 134 valence electrons. The van der Waals surface area contributed by atoms with Crippen LogP contribution in [0.3, 0.4) is 0 Å². The molecule has 0 saturated carbocycles. The normalized spacial score (nSPS) is 11.3. The van der Waals surface area contributed by atoms with E-state index in [9.17, 15) is 4.39 Å². The number of aromatic amines is 1. The molecule has 4 N–H and O–H groups in total. The topological polar surface area (TPSA) is 79.6 Å². The number of nitrogens with two attached hydrogens (primary N) is 1. The maximum Gasteiger partial charge on any atom is 0.147 e. The van der Waals surface area contributed by atoms with Crippen LogP contribution in [0.25, 0.3) is 23.1 Å². The molecule has 0 bridgehead atoms. The molecule has 5 nitrogen and oxygen atoms in total. The van der Waals surface area contributed by atoms with Crippen LogP contribution in [0.4, 0.5) is 21.5 Å². The number of aryl methyl sites for hydroxylation is 1. The Morgan fingerprint density at radius 1 is 1.11 bits per heavy atom. The highest BCUT2D eigenvalue weighted by molar-refractivity contribution is 5.91. The highest BCUT2D eigenvalue weighted by Gasteiger charge is 2.08. The van der Waals surface area contributed by atoms with E-state index < -0.39 is 0 Å². The van der Waals surface area contributed by atoms with Gasteiger partial charge >= 0.3 is 0 Å². The molecule has 0 amide bonds. The van der Waals surface area contributed by atoms with Crippen molar-refractivity contribution in [2.75, 3.05) is 11.1 Å². The number of halogens is 1. The summed E-state index contributed by atoms with van der Waals surface area (Å²) >= 11 is 0. The molecule has 2 aromatic heterocycles. The molecule has 27 heavy (non-hydrogen) atoms. The molecule has 6 heteroatoms. The van der Waals surface area contributed by atoms with Crippen molar-refractivity contribution in [2.24, 2.45) is 0 Å². The van der Waals surface area contributed by atoms with Gasteiger partial charge in [-0.3, -0.25) is 10.1 Å². The van der Waals surface area contributed by atoms with Crippen molar-refractivity contribution < 1.29 is 4.39 Å². The summed E-state index contributed by atoms with van der Waals surface area (Å²) in [6, 6.07) is 14.5. The molecular formula is C21H18FN5. The largest absolute Gasteiger partial charge is 0.398 e. The van der Waals surface area contributed by atoms with Gasteiger partial charge in [-0.2, -0.15) is 5.10 Å². The third-order valence-electron chi connectivity index (χ3n) is 4.33. The predicted octanol–water partition coefficient (Wildman–Crippen LogP) is 4.90. The Kier molecular flexibility index (Phi) is 4.30. The summed E-state index contributed by atoms with van der Waals surface area (Å²) in [7, 11) is 0. The lowest BCUT2D eigenvalue weighted by Crippen LogP contribution is -1.98. The number of nitrogen functional groups attached to an aromatic ring is 1. The Bertz CT molecular complexity index is 1130. The summed E-state index contributed by atoms with van der Waals surface area (Å²) < 4.78 is 14.1. The summed E-state index contributed by atoms with van der Waals surface area (Å²) in [4.78, 5) is 4.26. The van der Waals surface area contributed by atoms with Gasteiger partial charge in [-0.05, 0) is 67.1 Å². The van der Waals surface area contributed by atoms with E-state index in [0.717, 1.165) is 28.0 Å². The van der Waals surface area contributed by atoms with Crippen LogP contribution in [-0.4, -0.2) is 15.2 Å². The van der Waals surface area contributed by atoms with Crippen molar-refractivity contribution in [3.63, 3.8) is 0 Å². The monoisotopic (exact) mass is 359 g/mol. The van der Waals surface area contributed by atoms with Crippen LogP contribution >= 0.6 is 0 Å². The lowest BCUT2D eigenvalue weighted by Gasteiger charge is -2.10. The van der Waals surface area contributed by atoms with Gasteiger partial charge in [-0.1, -0.05) is 6.07 Å². The molecule has 0 radical (unpaired) electrons. The molecule has 0 unspecified atom stereocenters. The van der Waals surface area contributed by atoms with Crippen LogP contribution in [0.5, 0.6) is 0 Å². The minimum absolute atomic E-state index is 0.340. The SMILES string of the molecule is Cc1cc(F)c(Nc2ccc3c(C=Cc4ccccn4)n[nH]c3c2)cc1N. The minimum atomic E-state index is -0.342. The average Bonchev–Trinajstić information content (AvgIpc) is 3.07. The lowest BCUT2D eigenvalue weighted by molar-refractivity contribution is 0.631. The Morgan fingerprint density at radius 3 is 2.81 bits per heavy atom. The molecular weight excluding hydrogens is 341 g/mol. The van der Waals surface area contributed by atoms with Gasteiger partial charge in [-0.25, -0.2) is 4.39 Å². The fraction of sp³-hybridized carbons (Fsp3) is 0.0476. The van der Waals surface area contributed by atoms with Gasteiger partial charge < -0.3 is 11.1 Å². The van der Waals surface area contributed by atoms with Gasteiger partial charge in [0.15, 0.2) is 0 Å². The number of hydrogen-bond acceptors (Lipinski definition) is 4. The summed E-state index contributed by atoms with van der Waals surface area (Å²) in [5.74, 6) is -0.342. The van der Waals surface area contributed by atoms with Gasteiger partial charge in [0.25, 0.3) is 0 Å². The van der Waals surface area contributed by atoms with Gasteiger partial charge in [0.1, 0.15) is 5.82 Å². The smallest absolute Gasteiger partial charge is 0.147 e. The number of anilines is 3. The molecule has 4 rings (SSSR count). The van der Waals surface area contributed by atoms with E-state index in [1.54, 1.807) is 19.2 Å². The third kappa shape index (κ3) is 3.50. The van der Waals surface area contributed by atoms with Gasteiger partial charge in [0.05, 0.1) is 22.6 Å². The molecule has 0 spiro atoms. The zero-order valence-corrected chi connectivity index (χ0v) is 14.7. The zero-order chi connectivity index (χ0) is 18.8. The molecule has 4 aromatic rings. The van der Waals surface area contributed by atoms with Crippen molar-refractivity contribution in [3.05, 3.63) is 77.5 Å². The molecule has 0 aliphatic carbocycles. The van der Waals surface area contributed by atoms with Crippen LogP contribution in [0.15, 0.2) is 54.7 Å². The number of hydrogen-bond donors (Lipinski definition) is 3. The highest BCUT2D eigenvalue weighted by Crippen LogP contribution is 2.27. The first-order chi connectivity index (χ1) is 13.1. The number of aromatic nitrogens is 3. The Labute approximate surface area is 155 Å². The highest BCUT2D eigenvalue weighted by atomic mass is 19.1. The van der Waals surface area contributed by atoms with Crippen LogP contribution in [0.2, 0.25) is 0 Å². The first-order valence-corrected chi connectivity index (χ1v) is 8.50. The van der Waals surface area contributed by atoms with Crippen LogP contribution in [-0.2, 0) is 0 Å². The van der Waals surface area contributed by atoms with E-state index in [0.29, 0.717) is 16.9 Å². The molecule has 0 fully saturated rings. The second-order valence-electron chi connectivity index (χ2n) is 6.27. The lowest BCUT2D eigenvalue weighted by atomic mass is 10.1. The Balaban J connectivity index is 1.61. The van der Waals surface area contributed by atoms with Crippen LogP contribution in [0.1, 0.15) is 17.0 Å². The molecule has 2 heterocycles. The fourth-order valence-electron chi connectivity index (χ4n) is 2.83. The van der Waals surface area contributed by atoms with Crippen LogP contribution in [0, 0.1) is 12.7 Å². The first-order valence-electron chi connectivity index (χ1n) is 8.50. The molecule has 0 aliphatic rings. The van der Waals surface area contributed by atoms with Gasteiger partial charge in [0.2, 0.25) is 0 Å². The van der Waals surface area contributed by atoms with Crippen LogP contribution < -0.4 is 11.1 Å². The number of rotatable bonds is 4. The summed E-state index contributed by atoms with van der Waals surface area (Å²) in [6.07, 6.45) is 5.57. The first kappa shape index (κ1) is 16.8. The van der Waals surface area contributed by atoms with E-state index in [-0.39, 0.29) is 5.82 Å². The second kappa shape index (κ2) is 6.92. The number of H-pyrrole nitrogens is 1. The Morgan fingerprint density at radius 2 is 2.00 bits per heavy atom. The average molecular weight is 359 g/mol. The number of nitrogens with zero attached hydrogens (tertiary/aromatic N) is 2. The third-order valence-corrected chi connectivity index (χ3v) is 4.33. The fourth-order valence-corrected chi connectivity index (χ4v) is 2.83. The van der Waals surface area contributed by atoms with Crippen molar-refractivity contribution in [2.45, 2.75) is 6.92 Å². The molecule has 0 atom stereocenters. The van der Waals surface area contributed by atoms with E-state index in [1.807, 2.05) is 48.6 Å². The van der Waals surface area contributed by atoms with E-state index >= 15 is 0 Å². The summed E-state index contributed by atoms with van der Waals surface area (Å²) in [6.45, 7) is 1.78. The maximum absolute atomic E-state index is 14.1. The van der Waals surface area contributed by atoms with Crippen molar-refractivity contribution in [1.82, 2.24) is 15.2 Å². The van der Waals surface area contributed by atoms with E-state index in [2.05, 4.69) is 20.5 Å². The maximum atomic E-state index is 14.1. The summed E-state index contributed by atoms with van der Waals surface area (Å²) in [5.41, 5.74) is 10.7. The predicted molar refractivity (Wildman–Crippen MR) is 108 cm³/mol. The number of nitrogens with one attached hydrogen (secondary N) is 2. The number of fused-ring (bicyclic) bond motifs is 1. The molecule has 2 aromatic carbocycles. The molecule has 0 aliphatic heterocycles. The quantitative estimate of drug-likeness (QED) is 0.453. The van der Waals surface area contributed by atoms with E-state index in [1.165, 1.54) is 6.07 Å². The number of pyridine rings is 1. The minimum Gasteiger partial charge on any atom is -0.398 e. The van der Waals surface area contributed by atoms with Crippen molar-refractivity contribution >= 4 is 40.1 Å². The summed E-state index contributed by atoms with van der Waals surface area (Å²) in [5, 5.41) is 11.4. The number of benzene rings is 2. The second-order valence-corrected chi connectivity index (χ2v) is 6.27. The molecule has 0 saturated heterocycles.